The highest BCUT2D eigenvalue weighted by atomic mass is 16.3. The molecule has 6 nitrogen and oxygen atoms in total. The Morgan fingerprint density at radius 2 is 1.04 bits per heavy atom. The Morgan fingerprint density at radius 1 is 0.365 bits per heavy atom. The predicted molar refractivity (Wildman–Crippen MR) is 209 cm³/mol. The number of hydrogen-bond donors (Lipinski definition) is 0. The molecule has 0 aliphatic carbocycles. The summed E-state index contributed by atoms with van der Waals surface area (Å²) in [6.45, 7) is 0. The first-order chi connectivity index (χ1) is 25.7. The van der Waals surface area contributed by atoms with Gasteiger partial charge in [0, 0.05) is 49.8 Å². The smallest absolute Gasteiger partial charge is 0.164 e. The van der Waals surface area contributed by atoms with Gasteiger partial charge in [-0.1, -0.05) is 109 Å². The molecule has 0 aliphatic heterocycles. The zero-order valence-electron chi connectivity index (χ0n) is 27.6. The molecule has 11 rings (SSSR count). The van der Waals surface area contributed by atoms with Gasteiger partial charge in [0.25, 0.3) is 0 Å². The molecule has 0 saturated heterocycles. The minimum Gasteiger partial charge on any atom is -0.456 e. The van der Waals surface area contributed by atoms with Crippen LogP contribution in [-0.2, 0) is 0 Å². The zero-order chi connectivity index (χ0) is 34.2. The van der Waals surface area contributed by atoms with Crippen LogP contribution in [-0.4, -0.2) is 19.9 Å². The minimum absolute atomic E-state index is 0.593. The highest BCUT2D eigenvalue weighted by molar-refractivity contribution is 6.17. The van der Waals surface area contributed by atoms with Gasteiger partial charge in [0.05, 0.1) is 5.52 Å². The number of aromatic nitrogens is 4. The van der Waals surface area contributed by atoms with Crippen molar-refractivity contribution in [1.29, 1.82) is 0 Å². The summed E-state index contributed by atoms with van der Waals surface area (Å²) in [7, 11) is 0. The molecule has 0 saturated carbocycles. The summed E-state index contributed by atoms with van der Waals surface area (Å²) in [5, 5.41) is 7.41. The van der Waals surface area contributed by atoms with Crippen LogP contribution in [0, 0.1) is 0 Å². The van der Waals surface area contributed by atoms with E-state index in [0.29, 0.717) is 17.5 Å². The Hall–Kier alpha value is -7.18. The van der Waals surface area contributed by atoms with Gasteiger partial charge >= 0.3 is 0 Å². The van der Waals surface area contributed by atoms with Gasteiger partial charge in [0.15, 0.2) is 17.5 Å². The summed E-state index contributed by atoms with van der Waals surface area (Å²) in [6.07, 6.45) is 1.83. The van der Waals surface area contributed by atoms with Crippen molar-refractivity contribution in [3.05, 3.63) is 158 Å². The first-order valence-corrected chi connectivity index (χ1v) is 17.2. The average molecular weight is 667 g/mol. The van der Waals surface area contributed by atoms with Gasteiger partial charge in [0.2, 0.25) is 0 Å². The molecule has 242 valence electrons. The zero-order valence-corrected chi connectivity index (χ0v) is 27.6. The molecule has 7 aromatic carbocycles. The van der Waals surface area contributed by atoms with Crippen molar-refractivity contribution in [3.8, 4) is 45.3 Å². The Balaban J connectivity index is 1.10. The number of pyridine rings is 1. The molecule has 0 amide bonds. The van der Waals surface area contributed by atoms with Crippen LogP contribution < -0.4 is 0 Å². The van der Waals surface area contributed by atoms with Gasteiger partial charge in [-0.2, -0.15) is 0 Å². The molecule has 0 fully saturated rings. The summed E-state index contributed by atoms with van der Waals surface area (Å²) in [5.74, 6) is 1.80. The first-order valence-electron chi connectivity index (χ1n) is 17.2. The van der Waals surface area contributed by atoms with Crippen LogP contribution in [0.2, 0.25) is 0 Å². The highest BCUT2D eigenvalue weighted by Crippen LogP contribution is 2.41. The van der Waals surface area contributed by atoms with E-state index in [1.165, 1.54) is 0 Å². The van der Waals surface area contributed by atoms with E-state index in [-0.39, 0.29) is 0 Å². The number of hydrogen-bond acceptors (Lipinski definition) is 6. The lowest BCUT2D eigenvalue weighted by Gasteiger charge is -2.12. The molecule has 0 bridgehead atoms. The summed E-state index contributed by atoms with van der Waals surface area (Å²) in [6, 6.07) is 51.6. The van der Waals surface area contributed by atoms with Gasteiger partial charge in [-0.25, -0.2) is 15.0 Å². The third-order valence-electron chi connectivity index (χ3n) is 9.96. The molecule has 52 heavy (non-hydrogen) atoms. The fourth-order valence-electron chi connectivity index (χ4n) is 7.58. The lowest BCUT2D eigenvalue weighted by molar-refractivity contribution is 0.669. The quantitative estimate of drug-likeness (QED) is 0.186. The van der Waals surface area contributed by atoms with Crippen LogP contribution in [0.5, 0.6) is 0 Å². The number of fused-ring (bicyclic) bond motifs is 8. The number of rotatable bonds is 4. The molecule has 11 aromatic rings. The molecule has 0 unspecified atom stereocenters. The van der Waals surface area contributed by atoms with Crippen LogP contribution >= 0.6 is 0 Å². The molecular weight excluding hydrogens is 641 g/mol. The van der Waals surface area contributed by atoms with Crippen LogP contribution in [0.3, 0.4) is 0 Å². The second kappa shape index (κ2) is 11.2. The van der Waals surface area contributed by atoms with Crippen LogP contribution in [0.25, 0.3) is 111 Å². The summed E-state index contributed by atoms with van der Waals surface area (Å²) < 4.78 is 12.6. The SMILES string of the molecule is c1ccc(-c2nc(-c3ccc4c(-c5cccc6oc7cc8cccnc8cc7c56)cccc4c3)nc(-c3cccc4oc5ccccc5c34)n2)cc1. The van der Waals surface area contributed by atoms with Crippen molar-refractivity contribution in [2.24, 2.45) is 0 Å². The largest absolute Gasteiger partial charge is 0.456 e. The fourth-order valence-corrected chi connectivity index (χ4v) is 7.58. The highest BCUT2D eigenvalue weighted by Gasteiger charge is 2.19. The number of nitrogens with zero attached hydrogens (tertiary/aromatic N) is 4. The van der Waals surface area contributed by atoms with Crippen molar-refractivity contribution < 1.29 is 8.83 Å². The molecule has 0 aliphatic rings. The second-order valence-electron chi connectivity index (χ2n) is 13.0. The van der Waals surface area contributed by atoms with E-state index in [1.807, 2.05) is 79.0 Å². The van der Waals surface area contributed by atoms with Crippen molar-refractivity contribution in [3.63, 3.8) is 0 Å². The van der Waals surface area contributed by atoms with Crippen LogP contribution in [0.4, 0.5) is 0 Å². The van der Waals surface area contributed by atoms with Gasteiger partial charge in [-0.3, -0.25) is 4.98 Å². The molecule has 6 heteroatoms. The first kappa shape index (κ1) is 28.6. The van der Waals surface area contributed by atoms with E-state index in [2.05, 4.69) is 83.8 Å². The summed E-state index contributed by atoms with van der Waals surface area (Å²) in [5.41, 5.74) is 9.22. The third-order valence-corrected chi connectivity index (χ3v) is 9.96. The molecule has 4 heterocycles. The monoisotopic (exact) mass is 666 g/mol. The van der Waals surface area contributed by atoms with E-state index < -0.39 is 0 Å². The topological polar surface area (TPSA) is 77.8 Å². The standard InChI is InChI=1S/C46H26N4O2/c1-2-10-27(11-3-1)44-48-45(50-46(49-44)35-17-8-20-40-43(35)34-14-4-5-18-38(34)51-40)30-21-22-31-28(24-30)12-6-15-32(31)33-16-7-19-39-42(33)36-26-37-29(13-9-23-47-37)25-41(36)52-39/h1-26H. The Morgan fingerprint density at radius 3 is 1.92 bits per heavy atom. The maximum atomic E-state index is 6.40. The van der Waals surface area contributed by atoms with Crippen LogP contribution in [0.15, 0.2) is 167 Å². The Labute approximate surface area is 296 Å². The molecular formula is C46H26N4O2. The summed E-state index contributed by atoms with van der Waals surface area (Å²) in [4.78, 5) is 19.8. The van der Waals surface area contributed by atoms with Crippen molar-refractivity contribution in [2.45, 2.75) is 0 Å². The fraction of sp³-hybridized carbons (Fsp3) is 0. The third kappa shape index (κ3) is 4.44. The van der Waals surface area contributed by atoms with E-state index >= 15 is 0 Å². The Bertz CT molecular complexity index is 3200. The maximum absolute atomic E-state index is 6.40. The second-order valence-corrected chi connectivity index (χ2v) is 13.0. The van der Waals surface area contributed by atoms with E-state index in [4.69, 9.17) is 23.8 Å². The maximum Gasteiger partial charge on any atom is 0.164 e. The van der Waals surface area contributed by atoms with Gasteiger partial charge < -0.3 is 8.83 Å². The molecule has 0 N–H and O–H groups in total. The van der Waals surface area contributed by atoms with E-state index in [0.717, 1.165) is 93.4 Å². The predicted octanol–water partition coefficient (Wildman–Crippen LogP) is 12.0. The average Bonchev–Trinajstić information content (AvgIpc) is 3.77. The number of para-hydroxylation sites is 1. The molecule has 0 radical (unpaired) electrons. The van der Waals surface area contributed by atoms with E-state index in [1.54, 1.807) is 0 Å². The number of furan rings is 2. The molecule has 4 aromatic heterocycles. The van der Waals surface area contributed by atoms with E-state index in [9.17, 15) is 0 Å². The molecule has 0 spiro atoms. The van der Waals surface area contributed by atoms with Crippen LogP contribution in [0.1, 0.15) is 0 Å². The van der Waals surface area contributed by atoms with Gasteiger partial charge in [-0.05, 0) is 64.4 Å². The van der Waals surface area contributed by atoms with Crippen molar-refractivity contribution in [1.82, 2.24) is 19.9 Å². The number of benzene rings is 7. The van der Waals surface area contributed by atoms with Gasteiger partial charge in [0.1, 0.15) is 22.3 Å². The lowest BCUT2D eigenvalue weighted by Crippen LogP contribution is -2.00. The van der Waals surface area contributed by atoms with Gasteiger partial charge in [-0.15, -0.1) is 0 Å². The minimum atomic E-state index is 0.593. The lowest BCUT2D eigenvalue weighted by atomic mass is 9.93. The summed E-state index contributed by atoms with van der Waals surface area (Å²) >= 11 is 0. The normalized spacial score (nSPS) is 11.8. The van der Waals surface area contributed by atoms with Crippen molar-refractivity contribution in [2.75, 3.05) is 0 Å². The Kier molecular flexibility index (Phi) is 6.15. The van der Waals surface area contributed by atoms with Crippen molar-refractivity contribution >= 4 is 65.6 Å². The molecule has 0 atom stereocenters.